The van der Waals surface area contributed by atoms with Crippen molar-refractivity contribution in [2.45, 2.75) is 13.2 Å². The zero-order valence-corrected chi connectivity index (χ0v) is 12.4. The maximum absolute atomic E-state index is 13.6. The Morgan fingerprint density at radius 2 is 1.87 bits per heavy atom. The lowest BCUT2D eigenvalue weighted by molar-refractivity contribution is -0.0498. The molecule has 122 valence electrons. The fourth-order valence-corrected chi connectivity index (χ4v) is 2.00. The second-order valence-corrected chi connectivity index (χ2v) is 4.93. The van der Waals surface area contributed by atoms with E-state index in [4.69, 9.17) is 17.3 Å². The summed E-state index contributed by atoms with van der Waals surface area (Å²) in [6, 6.07) is 8.29. The number of nitrogens with two attached hydrogens (primary N) is 1. The van der Waals surface area contributed by atoms with Gasteiger partial charge in [-0.3, -0.25) is 4.79 Å². The zero-order valence-electron chi connectivity index (χ0n) is 11.7. The van der Waals surface area contributed by atoms with Gasteiger partial charge < -0.3 is 15.8 Å². The van der Waals surface area contributed by atoms with E-state index in [-0.39, 0.29) is 28.6 Å². The predicted octanol–water partition coefficient (Wildman–Crippen LogP) is 3.59. The van der Waals surface area contributed by atoms with Gasteiger partial charge in [0.15, 0.2) is 5.82 Å². The summed E-state index contributed by atoms with van der Waals surface area (Å²) in [5, 5.41) is 2.37. The third-order valence-electron chi connectivity index (χ3n) is 2.98. The minimum Gasteiger partial charge on any atom is -0.435 e. The molecule has 0 spiro atoms. The van der Waals surface area contributed by atoms with Crippen molar-refractivity contribution in [1.82, 2.24) is 5.32 Å². The topological polar surface area (TPSA) is 64.4 Å². The van der Waals surface area contributed by atoms with Gasteiger partial charge >= 0.3 is 6.61 Å². The highest BCUT2D eigenvalue weighted by Crippen LogP contribution is 2.24. The number of carbonyl (C=O) groups excluding carboxylic acids is 1. The van der Waals surface area contributed by atoms with Gasteiger partial charge in [-0.25, -0.2) is 4.39 Å². The molecular formula is C15H12ClF3N2O2. The minimum absolute atomic E-state index is 0.0130. The molecule has 3 N–H and O–H groups in total. The number of rotatable bonds is 5. The van der Waals surface area contributed by atoms with E-state index in [1.165, 1.54) is 36.4 Å². The van der Waals surface area contributed by atoms with Crippen molar-refractivity contribution in [2.24, 2.45) is 0 Å². The highest BCUT2D eigenvalue weighted by atomic mass is 35.5. The quantitative estimate of drug-likeness (QED) is 0.815. The molecule has 0 heterocycles. The molecule has 0 aliphatic heterocycles. The van der Waals surface area contributed by atoms with Crippen LogP contribution in [-0.4, -0.2) is 12.5 Å². The number of amides is 1. The first-order valence-corrected chi connectivity index (χ1v) is 6.81. The molecule has 2 aromatic carbocycles. The molecule has 4 nitrogen and oxygen atoms in total. The molecule has 0 aliphatic carbocycles. The first-order chi connectivity index (χ1) is 10.9. The summed E-state index contributed by atoms with van der Waals surface area (Å²) in [6.07, 6.45) is 0. The first-order valence-electron chi connectivity index (χ1n) is 6.44. The third-order valence-corrected chi connectivity index (χ3v) is 3.27. The molecule has 0 radical (unpaired) electrons. The van der Waals surface area contributed by atoms with E-state index in [0.717, 1.165) is 0 Å². The van der Waals surface area contributed by atoms with Crippen molar-refractivity contribution in [2.75, 3.05) is 5.73 Å². The minimum atomic E-state index is -2.90. The maximum Gasteiger partial charge on any atom is 0.387 e. The first kappa shape index (κ1) is 17.0. The number of nitrogens with one attached hydrogen (secondary N) is 1. The van der Waals surface area contributed by atoms with Crippen molar-refractivity contribution >= 4 is 23.2 Å². The lowest BCUT2D eigenvalue weighted by Crippen LogP contribution is -2.24. The van der Waals surface area contributed by atoms with Crippen molar-refractivity contribution in [1.29, 1.82) is 0 Å². The number of ether oxygens (including phenoxy) is 1. The Balaban J connectivity index is 2.01. The molecule has 8 heteroatoms. The molecule has 1 amide bonds. The molecule has 2 rings (SSSR count). The Labute approximate surface area is 135 Å². The summed E-state index contributed by atoms with van der Waals surface area (Å²) in [6.45, 7) is -2.79. The zero-order chi connectivity index (χ0) is 17.0. The Hall–Kier alpha value is -2.41. The molecule has 0 saturated carbocycles. The van der Waals surface area contributed by atoms with Gasteiger partial charge in [0.25, 0.3) is 5.91 Å². The van der Waals surface area contributed by atoms with Crippen molar-refractivity contribution < 1.29 is 22.7 Å². The Morgan fingerprint density at radius 3 is 2.48 bits per heavy atom. The van der Waals surface area contributed by atoms with Crippen LogP contribution in [0.1, 0.15) is 15.9 Å². The molecule has 0 aromatic heterocycles. The van der Waals surface area contributed by atoms with Crippen LogP contribution in [-0.2, 0) is 6.54 Å². The average molecular weight is 345 g/mol. The van der Waals surface area contributed by atoms with Crippen LogP contribution in [0, 0.1) is 5.82 Å². The van der Waals surface area contributed by atoms with Gasteiger partial charge in [0.1, 0.15) is 5.75 Å². The van der Waals surface area contributed by atoms with Crippen LogP contribution in [0.2, 0.25) is 5.02 Å². The van der Waals surface area contributed by atoms with E-state index in [9.17, 15) is 18.0 Å². The van der Waals surface area contributed by atoms with Gasteiger partial charge in [0.05, 0.1) is 16.3 Å². The monoisotopic (exact) mass is 344 g/mol. The van der Waals surface area contributed by atoms with E-state index < -0.39 is 18.3 Å². The van der Waals surface area contributed by atoms with Crippen LogP contribution in [0.15, 0.2) is 36.4 Å². The summed E-state index contributed by atoms with van der Waals surface area (Å²) in [4.78, 5) is 12.0. The van der Waals surface area contributed by atoms with Gasteiger partial charge in [-0.05, 0) is 29.8 Å². The molecule has 0 aliphatic rings. The largest absolute Gasteiger partial charge is 0.435 e. The second kappa shape index (κ2) is 7.23. The van der Waals surface area contributed by atoms with Crippen LogP contribution >= 0.6 is 11.6 Å². The van der Waals surface area contributed by atoms with Crippen molar-refractivity contribution in [3.8, 4) is 5.75 Å². The van der Waals surface area contributed by atoms with Crippen molar-refractivity contribution in [3.05, 3.63) is 58.4 Å². The van der Waals surface area contributed by atoms with Crippen LogP contribution in [0.3, 0.4) is 0 Å². The standard InChI is InChI=1S/C15H12ClF3N2O2/c16-11-6-5-10(13(20)12(11)17)14(22)21-7-8-1-3-9(4-2-8)23-15(18)19/h1-6,15H,7,20H2,(H,21,22). The van der Waals surface area contributed by atoms with Crippen LogP contribution in [0.5, 0.6) is 5.75 Å². The molecule has 0 bridgehead atoms. The van der Waals surface area contributed by atoms with Crippen LogP contribution in [0.25, 0.3) is 0 Å². The van der Waals surface area contributed by atoms with Gasteiger partial charge in [-0.1, -0.05) is 23.7 Å². The third kappa shape index (κ3) is 4.29. The number of nitrogen functional groups attached to an aromatic ring is 1. The summed E-state index contributed by atoms with van der Waals surface area (Å²) in [7, 11) is 0. The summed E-state index contributed by atoms with van der Waals surface area (Å²) < 4.78 is 41.8. The van der Waals surface area contributed by atoms with E-state index in [1.54, 1.807) is 0 Å². The molecule has 0 atom stereocenters. The molecule has 0 unspecified atom stereocenters. The maximum atomic E-state index is 13.6. The van der Waals surface area contributed by atoms with Gasteiger partial charge in [0, 0.05) is 6.54 Å². The lowest BCUT2D eigenvalue weighted by atomic mass is 10.1. The molecule has 0 saturated heterocycles. The number of anilines is 1. The molecule has 0 fully saturated rings. The van der Waals surface area contributed by atoms with Gasteiger partial charge in [0.2, 0.25) is 0 Å². The van der Waals surface area contributed by atoms with E-state index in [0.29, 0.717) is 5.56 Å². The highest BCUT2D eigenvalue weighted by molar-refractivity contribution is 6.31. The Kier molecular flexibility index (Phi) is 5.33. The number of alkyl halides is 2. The van der Waals surface area contributed by atoms with Crippen LogP contribution in [0.4, 0.5) is 18.9 Å². The summed E-state index contributed by atoms with van der Waals surface area (Å²) in [5.74, 6) is -1.42. The smallest absolute Gasteiger partial charge is 0.387 e. The van der Waals surface area contributed by atoms with E-state index in [2.05, 4.69) is 10.1 Å². The number of hydrogen-bond acceptors (Lipinski definition) is 3. The Bertz CT molecular complexity index is 709. The van der Waals surface area contributed by atoms with E-state index >= 15 is 0 Å². The van der Waals surface area contributed by atoms with E-state index in [1.807, 2.05) is 0 Å². The van der Waals surface area contributed by atoms with Gasteiger partial charge in [-0.15, -0.1) is 0 Å². The fourth-order valence-electron chi connectivity index (χ4n) is 1.83. The number of carbonyl (C=O) groups is 1. The van der Waals surface area contributed by atoms with Crippen LogP contribution < -0.4 is 15.8 Å². The number of benzene rings is 2. The van der Waals surface area contributed by atoms with Crippen molar-refractivity contribution in [3.63, 3.8) is 0 Å². The second-order valence-electron chi connectivity index (χ2n) is 4.53. The Morgan fingerprint density at radius 1 is 1.22 bits per heavy atom. The highest BCUT2D eigenvalue weighted by Gasteiger charge is 2.15. The fraction of sp³-hybridized carbons (Fsp3) is 0.133. The van der Waals surface area contributed by atoms with Gasteiger partial charge in [-0.2, -0.15) is 8.78 Å². The summed E-state index contributed by atoms with van der Waals surface area (Å²) >= 11 is 5.56. The number of hydrogen-bond donors (Lipinski definition) is 2. The molecule has 23 heavy (non-hydrogen) atoms. The molecule has 2 aromatic rings. The molecular weight excluding hydrogens is 333 g/mol. The average Bonchev–Trinajstić information content (AvgIpc) is 2.51. The summed E-state index contributed by atoms with van der Waals surface area (Å²) in [5.41, 5.74) is 5.78. The SMILES string of the molecule is Nc1c(C(=O)NCc2ccc(OC(F)F)cc2)ccc(Cl)c1F. The normalized spacial score (nSPS) is 10.7. The predicted molar refractivity (Wildman–Crippen MR) is 80.1 cm³/mol. The number of halogens is 4. The lowest BCUT2D eigenvalue weighted by Gasteiger charge is -2.10.